The fourth-order valence-corrected chi connectivity index (χ4v) is 1.60. The molecule has 0 aliphatic carbocycles. The molecule has 0 fully saturated rings. The molecule has 1 unspecified atom stereocenters. The van der Waals surface area contributed by atoms with Gasteiger partial charge in [-0.3, -0.25) is 4.98 Å². The number of aliphatic hydroxyl groups is 2. The van der Waals surface area contributed by atoms with Gasteiger partial charge in [-0.1, -0.05) is 13.8 Å². The van der Waals surface area contributed by atoms with E-state index in [2.05, 4.69) is 10.3 Å². The van der Waals surface area contributed by atoms with Gasteiger partial charge in [0.1, 0.15) is 5.75 Å². The molecular weight excluding hydrogens is 232 g/mol. The van der Waals surface area contributed by atoms with E-state index in [-0.39, 0.29) is 18.3 Å². The van der Waals surface area contributed by atoms with E-state index in [1.807, 2.05) is 13.8 Å². The largest absolute Gasteiger partial charge is 0.506 e. The first-order chi connectivity index (χ1) is 8.47. The molecule has 18 heavy (non-hydrogen) atoms. The van der Waals surface area contributed by atoms with Gasteiger partial charge in [-0.15, -0.1) is 0 Å². The Morgan fingerprint density at radius 2 is 2.06 bits per heavy atom. The van der Waals surface area contributed by atoms with Crippen LogP contribution in [-0.2, 0) is 13.2 Å². The Hall–Kier alpha value is -1.17. The van der Waals surface area contributed by atoms with Crippen molar-refractivity contribution in [1.29, 1.82) is 0 Å². The lowest BCUT2D eigenvalue weighted by molar-refractivity contribution is 0.123. The molecule has 5 nitrogen and oxygen atoms in total. The summed E-state index contributed by atoms with van der Waals surface area (Å²) in [6, 6.07) is 0. The van der Waals surface area contributed by atoms with Crippen LogP contribution >= 0.6 is 0 Å². The van der Waals surface area contributed by atoms with Crippen molar-refractivity contribution in [3.63, 3.8) is 0 Å². The van der Waals surface area contributed by atoms with Crippen molar-refractivity contribution in [3.05, 3.63) is 23.0 Å². The van der Waals surface area contributed by atoms with E-state index in [0.717, 1.165) is 0 Å². The molecule has 1 atom stereocenters. The topological polar surface area (TPSA) is 85.6 Å². The van der Waals surface area contributed by atoms with E-state index in [1.54, 1.807) is 13.1 Å². The molecule has 0 spiro atoms. The Morgan fingerprint density at radius 3 is 2.61 bits per heavy atom. The van der Waals surface area contributed by atoms with Crippen LogP contribution in [0.3, 0.4) is 0 Å². The molecule has 0 aromatic carbocycles. The van der Waals surface area contributed by atoms with Gasteiger partial charge in [0, 0.05) is 30.4 Å². The lowest BCUT2D eigenvalue weighted by Gasteiger charge is -2.17. The van der Waals surface area contributed by atoms with Gasteiger partial charge in [0.05, 0.1) is 18.4 Å². The number of hydrogen-bond acceptors (Lipinski definition) is 5. The number of nitrogens with one attached hydrogen (secondary N) is 1. The highest BCUT2D eigenvalue weighted by Crippen LogP contribution is 2.23. The molecule has 1 aromatic heterocycles. The minimum Gasteiger partial charge on any atom is -0.506 e. The van der Waals surface area contributed by atoms with Crippen LogP contribution in [0.1, 0.15) is 30.7 Å². The zero-order chi connectivity index (χ0) is 13.7. The number of hydrogen-bond donors (Lipinski definition) is 4. The monoisotopic (exact) mass is 254 g/mol. The Kier molecular flexibility index (Phi) is 5.53. The van der Waals surface area contributed by atoms with Crippen molar-refractivity contribution in [2.75, 3.05) is 6.54 Å². The van der Waals surface area contributed by atoms with Gasteiger partial charge < -0.3 is 20.6 Å². The minimum atomic E-state index is -0.423. The van der Waals surface area contributed by atoms with Gasteiger partial charge >= 0.3 is 0 Å². The number of pyridine rings is 1. The van der Waals surface area contributed by atoms with E-state index < -0.39 is 6.10 Å². The standard InChI is InChI=1S/C13H22N2O3/c1-8(2)12(17)6-14-5-11-10(7-16)4-15-9(3)13(11)18/h4,8,12,14,16-18H,5-7H2,1-3H3. The van der Waals surface area contributed by atoms with Crippen LogP contribution < -0.4 is 5.32 Å². The Bertz CT molecular complexity index is 394. The molecule has 1 rings (SSSR count). The highest BCUT2D eigenvalue weighted by atomic mass is 16.3. The molecule has 102 valence electrons. The van der Waals surface area contributed by atoms with Gasteiger partial charge in [0.2, 0.25) is 0 Å². The lowest BCUT2D eigenvalue weighted by Crippen LogP contribution is -2.30. The fourth-order valence-electron chi connectivity index (χ4n) is 1.60. The zero-order valence-electron chi connectivity index (χ0n) is 11.1. The number of aromatic nitrogens is 1. The molecule has 0 aliphatic rings. The molecular formula is C13H22N2O3. The van der Waals surface area contributed by atoms with Gasteiger partial charge in [-0.05, 0) is 12.8 Å². The summed E-state index contributed by atoms with van der Waals surface area (Å²) in [7, 11) is 0. The van der Waals surface area contributed by atoms with E-state index in [0.29, 0.717) is 29.9 Å². The molecule has 4 N–H and O–H groups in total. The summed E-state index contributed by atoms with van der Waals surface area (Å²) >= 11 is 0. The number of rotatable bonds is 6. The average molecular weight is 254 g/mol. The van der Waals surface area contributed by atoms with Crippen LogP contribution in [0.5, 0.6) is 5.75 Å². The first-order valence-electron chi connectivity index (χ1n) is 6.13. The van der Waals surface area contributed by atoms with Crippen molar-refractivity contribution in [1.82, 2.24) is 10.3 Å². The Balaban J connectivity index is 2.69. The van der Waals surface area contributed by atoms with E-state index >= 15 is 0 Å². The van der Waals surface area contributed by atoms with Crippen LogP contribution in [0.4, 0.5) is 0 Å². The van der Waals surface area contributed by atoms with Crippen LogP contribution in [0, 0.1) is 12.8 Å². The molecule has 1 heterocycles. The second-order valence-corrected chi connectivity index (χ2v) is 4.80. The summed E-state index contributed by atoms with van der Waals surface area (Å²) in [6.45, 7) is 6.28. The predicted octanol–water partition coefficient (Wildman–Crippen LogP) is 0.694. The van der Waals surface area contributed by atoms with Crippen LogP contribution in [-0.4, -0.2) is 33.0 Å². The van der Waals surface area contributed by atoms with Gasteiger partial charge in [-0.2, -0.15) is 0 Å². The molecule has 0 saturated carbocycles. The number of aromatic hydroxyl groups is 1. The van der Waals surface area contributed by atoms with Crippen LogP contribution in [0.15, 0.2) is 6.20 Å². The highest BCUT2D eigenvalue weighted by Gasteiger charge is 2.13. The van der Waals surface area contributed by atoms with E-state index in [1.165, 1.54) is 0 Å². The number of aryl methyl sites for hydroxylation is 1. The lowest BCUT2D eigenvalue weighted by atomic mass is 10.1. The fraction of sp³-hybridized carbons (Fsp3) is 0.615. The van der Waals surface area contributed by atoms with Crippen LogP contribution in [0.2, 0.25) is 0 Å². The summed E-state index contributed by atoms with van der Waals surface area (Å²) in [6.07, 6.45) is 1.14. The van der Waals surface area contributed by atoms with Crippen molar-refractivity contribution >= 4 is 0 Å². The minimum absolute atomic E-state index is 0.105. The first-order valence-corrected chi connectivity index (χ1v) is 6.13. The zero-order valence-corrected chi connectivity index (χ0v) is 11.1. The first kappa shape index (κ1) is 14.9. The third-order valence-electron chi connectivity index (χ3n) is 3.03. The molecule has 1 aromatic rings. The maximum absolute atomic E-state index is 9.91. The number of nitrogens with zero attached hydrogens (tertiary/aromatic N) is 1. The molecule has 0 aliphatic heterocycles. The second kappa shape index (κ2) is 6.68. The summed E-state index contributed by atoms with van der Waals surface area (Å²) in [4.78, 5) is 3.99. The molecule has 0 amide bonds. The van der Waals surface area contributed by atoms with E-state index in [4.69, 9.17) is 0 Å². The Morgan fingerprint density at radius 1 is 1.39 bits per heavy atom. The van der Waals surface area contributed by atoms with Crippen molar-refractivity contribution in [3.8, 4) is 5.75 Å². The summed E-state index contributed by atoms with van der Waals surface area (Å²) < 4.78 is 0. The van der Waals surface area contributed by atoms with Crippen LogP contribution in [0.25, 0.3) is 0 Å². The van der Waals surface area contributed by atoms with E-state index in [9.17, 15) is 15.3 Å². The normalized spacial score (nSPS) is 13.0. The molecule has 0 bridgehead atoms. The van der Waals surface area contributed by atoms with Crippen molar-refractivity contribution < 1.29 is 15.3 Å². The maximum Gasteiger partial charge on any atom is 0.141 e. The molecule has 0 radical (unpaired) electrons. The smallest absolute Gasteiger partial charge is 0.141 e. The van der Waals surface area contributed by atoms with Gasteiger partial charge in [0.15, 0.2) is 0 Å². The quantitative estimate of drug-likeness (QED) is 0.600. The van der Waals surface area contributed by atoms with Gasteiger partial charge in [-0.25, -0.2) is 0 Å². The highest BCUT2D eigenvalue weighted by molar-refractivity contribution is 5.40. The predicted molar refractivity (Wildman–Crippen MR) is 69.1 cm³/mol. The van der Waals surface area contributed by atoms with Crippen molar-refractivity contribution in [2.24, 2.45) is 5.92 Å². The maximum atomic E-state index is 9.91. The van der Waals surface area contributed by atoms with Gasteiger partial charge in [0.25, 0.3) is 0 Å². The summed E-state index contributed by atoms with van der Waals surface area (Å²) in [5, 5.41) is 31.9. The molecule has 0 saturated heterocycles. The summed E-state index contributed by atoms with van der Waals surface area (Å²) in [5.41, 5.74) is 1.78. The average Bonchev–Trinajstić information content (AvgIpc) is 2.34. The second-order valence-electron chi connectivity index (χ2n) is 4.80. The van der Waals surface area contributed by atoms with Crippen molar-refractivity contribution in [2.45, 2.75) is 40.0 Å². The third-order valence-corrected chi connectivity index (χ3v) is 3.03. The number of aliphatic hydroxyl groups excluding tert-OH is 2. The SMILES string of the molecule is Cc1ncc(CO)c(CNCC(O)C(C)C)c1O. The summed E-state index contributed by atoms with van der Waals surface area (Å²) in [5.74, 6) is 0.288. The Labute approximate surface area is 108 Å². The molecule has 5 heteroatoms. The third kappa shape index (κ3) is 3.66.